The average molecular weight is 339 g/mol. The van der Waals surface area contributed by atoms with Crippen LogP contribution < -0.4 is 10.5 Å². The number of hydrogen-bond acceptors (Lipinski definition) is 3. The van der Waals surface area contributed by atoms with Gasteiger partial charge in [0.2, 0.25) is 0 Å². The Bertz CT molecular complexity index is 675. The summed E-state index contributed by atoms with van der Waals surface area (Å²) in [5, 5.41) is 8.77. The highest BCUT2D eigenvalue weighted by atomic mass is 79.9. The summed E-state index contributed by atoms with van der Waals surface area (Å²) in [6.45, 7) is -0.115. The third-order valence-electron chi connectivity index (χ3n) is 2.58. The highest BCUT2D eigenvalue weighted by Crippen LogP contribution is 2.33. The second kappa shape index (κ2) is 5.88. The Morgan fingerprint density at radius 2 is 2.00 bits per heavy atom. The maximum atomic E-state index is 13.6. The molecule has 6 heteroatoms. The maximum absolute atomic E-state index is 13.6. The van der Waals surface area contributed by atoms with Crippen molar-refractivity contribution in [2.24, 2.45) is 0 Å². The minimum atomic E-state index is -0.501. The number of anilines is 1. The molecule has 0 aliphatic rings. The van der Waals surface area contributed by atoms with E-state index < -0.39 is 11.6 Å². The molecule has 0 fully saturated rings. The van der Waals surface area contributed by atoms with Crippen molar-refractivity contribution >= 4 is 21.6 Å². The molecule has 0 saturated heterocycles. The van der Waals surface area contributed by atoms with Crippen LogP contribution >= 0.6 is 15.9 Å². The third kappa shape index (κ3) is 3.06. The van der Waals surface area contributed by atoms with Crippen LogP contribution in [0.5, 0.6) is 5.75 Å². The SMILES string of the molecule is N#Cc1ccc(F)c(COc2c(N)cc(F)cc2Br)c1. The second-order valence-electron chi connectivity index (χ2n) is 4.01. The molecule has 0 heterocycles. The van der Waals surface area contributed by atoms with Crippen LogP contribution in [-0.4, -0.2) is 0 Å². The Balaban J connectivity index is 2.24. The number of ether oxygens (including phenoxy) is 1. The quantitative estimate of drug-likeness (QED) is 0.867. The minimum Gasteiger partial charge on any atom is -0.485 e. The van der Waals surface area contributed by atoms with Gasteiger partial charge in [0.05, 0.1) is 21.8 Å². The van der Waals surface area contributed by atoms with E-state index in [1.165, 1.54) is 24.3 Å². The molecule has 0 spiro atoms. The van der Waals surface area contributed by atoms with E-state index in [1.54, 1.807) is 0 Å². The van der Waals surface area contributed by atoms with Crippen molar-refractivity contribution in [3.05, 3.63) is 57.6 Å². The van der Waals surface area contributed by atoms with Gasteiger partial charge in [-0.2, -0.15) is 5.26 Å². The van der Waals surface area contributed by atoms with Gasteiger partial charge in [-0.25, -0.2) is 8.78 Å². The van der Waals surface area contributed by atoms with E-state index in [2.05, 4.69) is 15.9 Å². The summed E-state index contributed by atoms with van der Waals surface area (Å²) in [5.41, 5.74) is 6.30. The van der Waals surface area contributed by atoms with Crippen LogP contribution in [-0.2, 0) is 6.61 Å². The molecule has 0 atom stereocenters. The highest BCUT2D eigenvalue weighted by Gasteiger charge is 2.11. The summed E-state index contributed by atoms with van der Waals surface area (Å²) in [6, 6.07) is 8.20. The van der Waals surface area contributed by atoms with Gasteiger partial charge in [0.25, 0.3) is 0 Å². The number of hydrogen-bond donors (Lipinski definition) is 1. The smallest absolute Gasteiger partial charge is 0.157 e. The van der Waals surface area contributed by atoms with E-state index >= 15 is 0 Å². The lowest BCUT2D eigenvalue weighted by Crippen LogP contribution is -2.02. The molecular formula is C14H9BrF2N2O. The normalized spacial score (nSPS) is 10.1. The van der Waals surface area contributed by atoms with E-state index in [1.807, 2.05) is 6.07 Å². The molecule has 102 valence electrons. The van der Waals surface area contributed by atoms with Crippen molar-refractivity contribution in [2.75, 3.05) is 5.73 Å². The van der Waals surface area contributed by atoms with E-state index in [4.69, 9.17) is 15.7 Å². The third-order valence-corrected chi connectivity index (χ3v) is 3.17. The van der Waals surface area contributed by atoms with E-state index in [0.717, 1.165) is 6.07 Å². The van der Waals surface area contributed by atoms with Gasteiger partial charge in [0, 0.05) is 11.6 Å². The summed E-state index contributed by atoms with van der Waals surface area (Å²) in [5.74, 6) is -0.756. The number of nitrogen functional groups attached to an aromatic ring is 1. The summed E-state index contributed by atoms with van der Waals surface area (Å²) < 4.78 is 32.4. The molecule has 2 aromatic rings. The molecule has 0 bridgehead atoms. The fourth-order valence-electron chi connectivity index (χ4n) is 1.64. The van der Waals surface area contributed by atoms with Crippen LogP contribution in [0.3, 0.4) is 0 Å². The lowest BCUT2D eigenvalue weighted by Gasteiger charge is -2.11. The summed E-state index contributed by atoms with van der Waals surface area (Å²) >= 11 is 3.13. The van der Waals surface area contributed by atoms with Gasteiger partial charge in [-0.05, 0) is 40.2 Å². The Morgan fingerprint density at radius 1 is 1.25 bits per heavy atom. The molecule has 0 radical (unpaired) electrons. The molecule has 2 rings (SSSR count). The molecule has 0 aromatic heterocycles. The molecule has 0 aliphatic carbocycles. The average Bonchev–Trinajstić information content (AvgIpc) is 2.39. The van der Waals surface area contributed by atoms with Gasteiger partial charge in [0.1, 0.15) is 18.2 Å². The van der Waals surface area contributed by atoms with Crippen molar-refractivity contribution < 1.29 is 13.5 Å². The van der Waals surface area contributed by atoms with Crippen LogP contribution in [0.4, 0.5) is 14.5 Å². The monoisotopic (exact) mass is 338 g/mol. The Morgan fingerprint density at radius 3 is 2.65 bits per heavy atom. The highest BCUT2D eigenvalue weighted by molar-refractivity contribution is 9.10. The number of nitrogens with zero attached hydrogens (tertiary/aromatic N) is 1. The van der Waals surface area contributed by atoms with Crippen molar-refractivity contribution in [3.8, 4) is 11.8 Å². The fourth-order valence-corrected chi connectivity index (χ4v) is 2.20. The van der Waals surface area contributed by atoms with Gasteiger partial charge >= 0.3 is 0 Å². The van der Waals surface area contributed by atoms with Gasteiger partial charge in [0.15, 0.2) is 5.75 Å². The zero-order valence-corrected chi connectivity index (χ0v) is 11.7. The van der Waals surface area contributed by atoms with Crippen molar-refractivity contribution in [1.29, 1.82) is 5.26 Å². The molecule has 2 N–H and O–H groups in total. The molecule has 0 unspecified atom stereocenters. The molecule has 20 heavy (non-hydrogen) atoms. The molecular weight excluding hydrogens is 330 g/mol. The zero-order valence-electron chi connectivity index (χ0n) is 10.2. The second-order valence-corrected chi connectivity index (χ2v) is 4.87. The Labute approximate surface area is 122 Å². The molecule has 0 aliphatic heterocycles. The first-order valence-electron chi connectivity index (χ1n) is 5.57. The van der Waals surface area contributed by atoms with Crippen molar-refractivity contribution in [2.45, 2.75) is 6.61 Å². The van der Waals surface area contributed by atoms with E-state index in [-0.39, 0.29) is 23.6 Å². The summed E-state index contributed by atoms with van der Waals surface area (Å²) in [6.07, 6.45) is 0. The largest absolute Gasteiger partial charge is 0.485 e. The van der Waals surface area contributed by atoms with Gasteiger partial charge in [-0.1, -0.05) is 0 Å². The standard InChI is InChI=1S/C14H9BrF2N2O/c15-11-4-10(16)5-13(19)14(11)20-7-9-3-8(6-18)1-2-12(9)17/h1-5H,7,19H2. The maximum Gasteiger partial charge on any atom is 0.157 e. The number of nitrogens with two attached hydrogens (primary N) is 1. The first kappa shape index (κ1) is 14.3. The van der Waals surface area contributed by atoms with Gasteiger partial charge < -0.3 is 10.5 Å². The van der Waals surface area contributed by atoms with Crippen molar-refractivity contribution in [3.63, 3.8) is 0 Å². The van der Waals surface area contributed by atoms with Crippen molar-refractivity contribution in [1.82, 2.24) is 0 Å². The predicted octanol–water partition coefficient (Wildman–Crippen LogP) is 3.76. The fraction of sp³-hybridized carbons (Fsp3) is 0.0714. The molecule has 0 amide bonds. The van der Waals surface area contributed by atoms with Gasteiger partial charge in [-0.15, -0.1) is 0 Å². The Kier molecular flexibility index (Phi) is 4.20. The van der Waals surface area contributed by atoms with E-state index in [0.29, 0.717) is 10.0 Å². The topological polar surface area (TPSA) is 59.0 Å². The van der Waals surface area contributed by atoms with Crippen LogP contribution in [0.25, 0.3) is 0 Å². The van der Waals surface area contributed by atoms with E-state index in [9.17, 15) is 8.78 Å². The summed E-state index contributed by atoms with van der Waals surface area (Å²) in [7, 11) is 0. The van der Waals surface area contributed by atoms with Crippen LogP contribution in [0, 0.1) is 23.0 Å². The summed E-state index contributed by atoms with van der Waals surface area (Å²) in [4.78, 5) is 0. The zero-order chi connectivity index (χ0) is 14.7. The Hall–Kier alpha value is -2.13. The lowest BCUT2D eigenvalue weighted by molar-refractivity contribution is 0.299. The molecule has 3 nitrogen and oxygen atoms in total. The lowest BCUT2D eigenvalue weighted by atomic mass is 10.1. The molecule has 2 aromatic carbocycles. The van der Waals surface area contributed by atoms with Crippen LogP contribution in [0.15, 0.2) is 34.8 Å². The first-order valence-corrected chi connectivity index (χ1v) is 6.36. The number of rotatable bonds is 3. The first-order chi connectivity index (χ1) is 9.51. The molecule has 0 saturated carbocycles. The van der Waals surface area contributed by atoms with Gasteiger partial charge in [-0.3, -0.25) is 0 Å². The van der Waals surface area contributed by atoms with Crippen LogP contribution in [0.1, 0.15) is 11.1 Å². The number of benzene rings is 2. The number of nitriles is 1. The predicted molar refractivity (Wildman–Crippen MR) is 74.0 cm³/mol. The minimum absolute atomic E-state index is 0.105. The number of halogens is 3. The van der Waals surface area contributed by atoms with Crippen LogP contribution in [0.2, 0.25) is 0 Å².